The maximum Gasteiger partial charge on any atom is 0.415 e. The minimum Gasteiger partial charge on any atom is -0.452 e. The molecule has 4 rings (SSSR count). The van der Waals surface area contributed by atoms with E-state index in [9.17, 15) is 9.59 Å². The summed E-state index contributed by atoms with van der Waals surface area (Å²) in [4.78, 5) is 25.9. The number of esters is 1. The number of hydrogen-bond acceptors (Lipinski definition) is 4. The fraction of sp³-hybridized carbons (Fsp3) is 0.200. The Hall–Kier alpha value is -3.08. The van der Waals surface area contributed by atoms with Crippen LogP contribution in [0.4, 0.5) is 4.79 Å². The lowest BCUT2D eigenvalue weighted by Gasteiger charge is -2.38. The van der Waals surface area contributed by atoms with Crippen LogP contribution < -0.4 is 4.74 Å². The lowest BCUT2D eigenvalue weighted by Crippen LogP contribution is -2.46. The van der Waals surface area contributed by atoms with E-state index in [-0.39, 0.29) is 12.0 Å². The standard InChI is InChI=1S/C20H17NO4/c22-18-11-10-17(25-18)19-16-9-5-4-6-14(16)12-13-21(19)20(23)24-15-7-2-1-3-8-15/h1-11,17,19H,12-13H2. The van der Waals surface area contributed by atoms with Crippen LogP contribution in [0, 0.1) is 0 Å². The molecule has 2 aliphatic rings. The Kier molecular flexibility index (Phi) is 3.98. The average molecular weight is 335 g/mol. The number of rotatable bonds is 2. The number of cyclic esters (lactones) is 1. The molecule has 25 heavy (non-hydrogen) atoms. The number of carbonyl (C=O) groups excluding carboxylic acids is 2. The van der Waals surface area contributed by atoms with Crippen molar-refractivity contribution in [3.8, 4) is 5.75 Å². The molecule has 2 aromatic carbocycles. The second kappa shape index (κ2) is 6.43. The monoisotopic (exact) mass is 335 g/mol. The molecule has 2 aliphatic heterocycles. The molecule has 0 radical (unpaired) electrons. The summed E-state index contributed by atoms with van der Waals surface area (Å²) in [6.07, 6.45) is 2.90. The summed E-state index contributed by atoms with van der Waals surface area (Å²) >= 11 is 0. The lowest BCUT2D eigenvalue weighted by atomic mass is 9.89. The summed E-state index contributed by atoms with van der Waals surface area (Å²) in [6.45, 7) is 0.509. The third-order valence-electron chi connectivity index (χ3n) is 4.50. The SMILES string of the molecule is O=C1C=CC(C2c3ccccc3CCN2C(=O)Oc2ccccc2)O1. The summed E-state index contributed by atoms with van der Waals surface area (Å²) in [5.41, 5.74) is 2.15. The van der Waals surface area contributed by atoms with Crippen LogP contribution >= 0.6 is 0 Å². The van der Waals surface area contributed by atoms with E-state index in [1.54, 1.807) is 23.1 Å². The molecule has 0 aliphatic carbocycles. The largest absolute Gasteiger partial charge is 0.452 e. The molecule has 0 N–H and O–H groups in total. The van der Waals surface area contributed by atoms with Crippen LogP contribution in [-0.2, 0) is 16.0 Å². The third-order valence-corrected chi connectivity index (χ3v) is 4.50. The minimum atomic E-state index is -0.503. The summed E-state index contributed by atoms with van der Waals surface area (Å²) in [7, 11) is 0. The van der Waals surface area contributed by atoms with Crippen molar-refractivity contribution < 1.29 is 19.1 Å². The van der Waals surface area contributed by atoms with Crippen LogP contribution in [0.1, 0.15) is 17.2 Å². The van der Waals surface area contributed by atoms with Crippen molar-refractivity contribution in [3.63, 3.8) is 0 Å². The molecule has 2 aromatic rings. The lowest BCUT2D eigenvalue weighted by molar-refractivity contribution is -0.141. The fourth-order valence-corrected chi connectivity index (χ4v) is 3.36. The molecule has 0 spiro atoms. The van der Waals surface area contributed by atoms with E-state index in [2.05, 4.69) is 0 Å². The van der Waals surface area contributed by atoms with Crippen LogP contribution in [0.15, 0.2) is 66.7 Å². The zero-order valence-corrected chi connectivity index (χ0v) is 13.5. The minimum absolute atomic E-state index is 0.385. The second-order valence-corrected chi connectivity index (χ2v) is 6.03. The topological polar surface area (TPSA) is 55.8 Å². The van der Waals surface area contributed by atoms with E-state index < -0.39 is 12.2 Å². The van der Waals surface area contributed by atoms with Gasteiger partial charge in [-0.3, -0.25) is 4.90 Å². The van der Waals surface area contributed by atoms with Gasteiger partial charge < -0.3 is 9.47 Å². The number of nitrogens with zero attached hydrogens (tertiary/aromatic N) is 1. The second-order valence-electron chi connectivity index (χ2n) is 6.03. The Morgan fingerprint density at radius 2 is 1.84 bits per heavy atom. The summed E-state index contributed by atoms with van der Waals surface area (Å²) in [6, 6.07) is 16.5. The molecule has 0 bridgehead atoms. The van der Waals surface area contributed by atoms with E-state index in [0.717, 1.165) is 17.5 Å². The van der Waals surface area contributed by atoms with E-state index in [1.165, 1.54) is 6.08 Å². The molecule has 0 aromatic heterocycles. The quantitative estimate of drug-likeness (QED) is 0.791. The van der Waals surface area contributed by atoms with Gasteiger partial charge >= 0.3 is 12.1 Å². The first kappa shape index (κ1) is 15.4. The molecule has 2 unspecified atom stereocenters. The zero-order chi connectivity index (χ0) is 17.2. The highest BCUT2D eigenvalue weighted by atomic mass is 16.6. The summed E-state index contributed by atoms with van der Waals surface area (Å²) in [5.74, 6) is 0.105. The molecule has 126 valence electrons. The predicted molar refractivity (Wildman–Crippen MR) is 91.1 cm³/mol. The van der Waals surface area contributed by atoms with Gasteiger partial charge in [-0.15, -0.1) is 0 Å². The number of benzene rings is 2. The van der Waals surface area contributed by atoms with E-state index >= 15 is 0 Å². The summed E-state index contributed by atoms with van der Waals surface area (Å²) in [5, 5.41) is 0. The maximum atomic E-state index is 12.8. The first-order chi connectivity index (χ1) is 12.2. The van der Waals surface area contributed by atoms with Crippen molar-refractivity contribution in [1.29, 1.82) is 0 Å². The molecule has 5 nitrogen and oxygen atoms in total. The van der Waals surface area contributed by atoms with Gasteiger partial charge in [-0.05, 0) is 35.8 Å². The number of hydrogen-bond donors (Lipinski definition) is 0. The molecule has 5 heteroatoms. The van der Waals surface area contributed by atoms with Gasteiger partial charge in [0.25, 0.3) is 0 Å². The van der Waals surface area contributed by atoms with E-state index in [1.807, 2.05) is 42.5 Å². The normalized spacial score (nSPS) is 21.6. The summed E-state index contributed by atoms with van der Waals surface area (Å²) < 4.78 is 10.9. The van der Waals surface area contributed by atoms with Gasteiger partial charge in [-0.1, -0.05) is 42.5 Å². The van der Waals surface area contributed by atoms with Crippen LogP contribution in [0.5, 0.6) is 5.75 Å². The van der Waals surface area contributed by atoms with Gasteiger partial charge in [0.05, 0.1) is 0 Å². The van der Waals surface area contributed by atoms with E-state index in [4.69, 9.17) is 9.47 Å². The fourth-order valence-electron chi connectivity index (χ4n) is 3.36. The van der Waals surface area contributed by atoms with Crippen LogP contribution in [-0.4, -0.2) is 29.6 Å². The van der Waals surface area contributed by atoms with Crippen molar-refractivity contribution in [2.45, 2.75) is 18.6 Å². The predicted octanol–water partition coefficient (Wildman–Crippen LogP) is 3.27. The van der Waals surface area contributed by atoms with Crippen molar-refractivity contribution in [1.82, 2.24) is 4.90 Å². The van der Waals surface area contributed by atoms with Gasteiger partial charge in [0.2, 0.25) is 0 Å². The zero-order valence-electron chi connectivity index (χ0n) is 13.5. The van der Waals surface area contributed by atoms with Crippen LogP contribution in [0.25, 0.3) is 0 Å². The molecule has 1 amide bonds. The first-order valence-corrected chi connectivity index (χ1v) is 8.22. The van der Waals surface area contributed by atoms with E-state index in [0.29, 0.717) is 12.3 Å². The van der Waals surface area contributed by atoms with Gasteiger partial charge in [-0.2, -0.15) is 0 Å². The number of fused-ring (bicyclic) bond motifs is 1. The van der Waals surface area contributed by atoms with Crippen molar-refractivity contribution >= 4 is 12.1 Å². The Morgan fingerprint density at radius 3 is 2.60 bits per heavy atom. The Bertz CT molecular complexity index is 831. The number of ether oxygens (including phenoxy) is 2. The third kappa shape index (κ3) is 3.01. The van der Waals surface area contributed by atoms with Crippen molar-refractivity contribution in [3.05, 3.63) is 77.9 Å². The number of para-hydroxylation sites is 1. The number of amides is 1. The molecule has 2 atom stereocenters. The van der Waals surface area contributed by atoms with Gasteiger partial charge in [0.15, 0.2) is 0 Å². The van der Waals surface area contributed by atoms with Crippen LogP contribution in [0.2, 0.25) is 0 Å². The highest BCUT2D eigenvalue weighted by Gasteiger charge is 2.39. The first-order valence-electron chi connectivity index (χ1n) is 8.22. The smallest absolute Gasteiger partial charge is 0.415 e. The molecular weight excluding hydrogens is 318 g/mol. The molecule has 0 fully saturated rings. The molecule has 0 saturated carbocycles. The molecular formula is C20H17NO4. The van der Waals surface area contributed by atoms with Crippen LogP contribution in [0.3, 0.4) is 0 Å². The molecule has 0 saturated heterocycles. The highest BCUT2D eigenvalue weighted by molar-refractivity contribution is 5.84. The Morgan fingerprint density at radius 1 is 1.08 bits per heavy atom. The van der Waals surface area contributed by atoms with Gasteiger partial charge in [0.1, 0.15) is 17.9 Å². The molecule has 2 heterocycles. The van der Waals surface area contributed by atoms with Crippen molar-refractivity contribution in [2.24, 2.45) is 0 Å². The van der Waals surface area contributed by atoms with Crippen molar-refractivity contribution in [2.75, 3.05) is 6.54 Å². The highest BCUT2D eigenvalue weighted by Crippen LogP contribution is 2.36. The van der Waals surface area contributed by atoms with Gasteiger partial charge in [0, 0.05) is 12.6 Å². The maximum absolute atomic E-state index is 12.8. The van der Waals surface area contributed by atoms with Gasteiger partial charge in [-0.25, -0.2) is 9.59 Å². The number of carbonyl (C=O) groups is 2. The Balaban J connectivity index is 1.65. The average Bonchev–Trinajstić information content (AvgIpc) is 3.07. The Labute approximate surface area is 145 Å².